The predicted molar refractivity (Wildman–Crippen MR) is 87.4 cm³/mol. The fraction of sp³-hybridized carbons (Fsp3) is 0.333. The van der Waals surface area contributed by atoms with Gasteiger partial charge in [0.25, 0.3) is 5.91 Å². The number of carboxylic acids is 1. The molecule has 1 N–H and O–H groups in total. The monoisotopic (exact) mass is 325 g/mol. The highest BCUT2D eigenvalue weighted by Gasteiger charge is 2.42. The van der Waals surface area contributed by atoms with Crippen molar-refractivity contribution in [1.82, 2.24) is 14.9 Å². The molecular formula is C18H19N3O3. The van der Waals surface area contributed by atoms with Gasteiger partial charge in [0.05, 0.1) is 11.6 Å². The molecule has 1 aromatic carbocycles. The standard InChI is InChI=1S/C18H19N3O3/c22-16(15-13-19-8-9-20-15)21-10-6-18(7-11-21,17(23)24)12-14-4-2-1-3-5-14/h1-5,8-9,13H,6-7,10-12H2,(H,23,24). The molecule has 24 heavy (non-hydrogen) atoms. The summed E-state index contributed by atoms with van der Waals surface area (Å²) in [5, 5.41) is 9.77. The van der Waals surface area contributed by atoms with E-state index in [2.05, 4.69) is 9.97 Å². The Hall–Kier alpha value is -2.76. The molecule has 1 aliphatic rings. The van der Waals surface area contributed by atoms with Gasteiger partial charge in [-0.25, -0.2) is 4.98 Å². The Morgan fingerprint density at radius 2 is 1.83 bits per heavy atom. The zero-order valence-electron chi connectivity index (χ0n) is 13.3. The fourth-order valence-electron chi connectivity index (χ4n) is 3.16. The van der Waals surface area contributed by atoms with Gasteiger partial charge in [-0.2, -0.15) is 0 Å². The highest BCUT2D eigenvalue weighted by atomic mass is 16.4. The number of likely N-dealkylation sites (tertiary alicyclic amines) is 1. The van der Waals surface area contributed by atoms with Crippen LogP contribution in [0.15, 0.2) is 48.9 Å². The fourth-order valence-corrected chi connectivity index (χ4v) is 3.16. The van der Waals surface area contributed by atoms with Gasteiger partial charge < -0.3 is 10.0 Å². The second kappa shape index (κ2) is 6.78. The number of hydrogen-bond donors (Lipinski definition) is 1. The van der Waals surface area contributed by atoms with Gasteiger partial charge in [-0.05, 0) is 24.8 Å². The van der Waals surface area contributed by atoms with Crippen molar-refractivity contribution in [2.45, 2.75) is 19.3 Å². The number of nitrogens with zero attached hydrogens (tertiary/aromatic N) is 3. The van der Waals surface area contributed by atoms with Crippen LogP contribution in [0.2, 0.25) is 0 Å². The molecule has 3 rings (SSSR count). The van der Waals surface area contributed by atoms with Crippen molar-refractivity contribution in [1.29, 1.82) is 0 Å². The summed E-state index contributed by atoms with van der Waals surface area (Å²) in [6, 6.07) is 9.64. The summed E-state index contributed by atoms with van der Waals surface area (Å²) in [7, 11) is 0. The molecule has 0 aliphatic carbocycles. The first-order chi connectivity index (χ1) is 11.6. The lowest BCUT2D eigenvalue weighted by atomic mass is 9.74. The normalized spacial score (nSPS) is 16.6. The lowest BCUT2D eigenvalue weighted by Crippen LogP contribution is -2.47. The van der Waals surface area contributed by atoms with Crippen molar-refractivity contribution in [3.05, 3.63) is 60.2 Å². The van der Waals surface area contributed by atoms with Crippen LogP contribution in [0, 0.1) is 5.41 Å². The first-order valence-electron chi connectivity index (χ1n) is 7.93. The second-order valence-corrected chi connectivity index (χ2v) is 6.13. The van der Waals surface area contributed by atoms with Gasteiger partial charge in [-0.15, -0.1) is 0 Å². The summed E-state index contributed by atoms with van der Waals surface area (Å²) in [6.07, 6.45) is 5.78. The van der Waals surface area contributed by atoms with Crippen LogP contribution in [0.4, 0.5) is 0 Å². The Labute approximate surface area is 140 Å². The maximum Gasteiger partial charge on any atom is 0.310 e. The van der Waals surface area contributed by atoms with Crippen molar-refractivity contribution in [2.24, 2.45) is 5.41 Å². The average Bonchev–Trinajstić information content (AvgIpc) is 2.63. The molecule has 0 unspecified atom stereocenters. The van der Waals surface area contributed by atoms with Crippen LogP contribution in [0.5, 0.6) is 0 Å². The summed E-state index contributed by atoms with van der Waals surface area (Å²) >= 11 is 0. The summed E-state index contributed by atoms with van der Waals surface area (Å²) in [6.45, 7) is 0.823. The van der Waals surface area contributed by atoms with Gasteiger partial charge in [0, 0.05) is 25.5 Å². The number of aromatic nitrogens is 2. The first kappa shape index (κ1) is 16.1. The highest BCUT2D eigenvalue weighted by molar-refractivity contribution is 5.92. The van der Waals surface area contributed by atoms with Crippen molar-refractivity contribution in [2.75, 3.05) is 13.1 Å². The van der Waals surface area contributed by atoms with Gasteiger partial charge in [0.15, 0.2) is 0 Å². The third-order valence-electron chi connectivity index (χ3n) is 4.63. The molecule has 1 aliphatic heterocycles. The number of carbonyl (C=O) groups excluding carboxylic acids is 1. The number of benzene rings is 1. The van der Waals surface area contributed by atoms with Crippen molar-refractivity contribution < 1.29 is 14.7 Å². The molecule has 0 atom stereocenters. The molecule has 1 fully saturated rings. The van der Waals surface area contributed by atoms with Crippen LogP contribution < -0.4 is 0 Å². The molecule has 0 spiro atoms. The molecule has 1 amide bonds. The van der Waals surface area contributed by atoms with Crippen LogP contribution in [0.3, 0.4) is 0 Å². The maximum atomic E-state index is 12.4. The maximum absolute atomic E-state index is 12.4. The highest BCUT2D eigenvalue weighted by Crippen LogP contribution is 2.36. The third kappa shape index (κ3) is 3.27. The Morgan fingerprint density at radius 3 is 2.42 bits per heavy atom. The molecule has 2 aromatic rings. The van der Waals surface area contributed by atoms with Gasteiger partial charge in [0.1, 0.15) is 5.69 Å². The molecule has 0 radical (unpaired) electrons. The van der Waals surface area contributed by atoms with Gasteiger partial charge in [-0.3, -0.25) is 14.6 Å². The molecule has 1 aromatic heterocycles. The summed E-state index contributed by atoms with van der Waals surface area (Å²) < 4.78 is 0. The Bertz CT molecular complexity index is 711. The van der Waals surface area contributed by atoms with Gasteiger partial charge >= 0.3 is 5.97 Å². The summed E-state index contributed by atoms with van der Waals surface area (Å²) in [5.41, 5.74) is 0.484. The van der Waals surface area contributed by atoms with Gasteiger partial charge in [-0.1, -0.05) is 30.3 Å². The zero-order valence-corrected chi connectivity index (χ0v) is 13.3. The zero-order chi connectivity index (χ0) is 17.0. The SMILES string of the molecule is O=C(c1cnccn1)N1CCC(Cc2ccccc2)(C(=O)O)CC1. The molecule has 6 nitrogen and oxygen atoms in total. The van der Waals surface area contributed by atoms with Crippen LogP contribution in [-0.4, -0.2) is 44.9 Å². The van der Waals surface area contributed by atoms with E-state index < -0.39 is 11.4 Å². The topological polar surface area (TPSA) is 83.4 Å². The summed E-state index contributed by atoms with van der Waals surface area (Å²) in [4.78, 5) is 33.9. The minimum absolute atomic E-state index is 0.193. The lowest BCUT2D eigenvalue weighted by molar-refractivity contribution is -0.151. The van der Waals surface area contributed by atoms with Crippen LogP contribution >= 0.6 is 0 Å². The van der Waals surface area contributed by atoms with Crippen LogP contribution in [-0.2, 0) is 11.2 Å². The Morgan fingerprint density at radius 1 is 1.12 bits per heavy atom. The quantitative estimate of drug-likeness (QED) is 0.930. The number of piperidine rings is 1. The first-order valence-corrected chi connectivity index (χ1v) is 7.93. The van der Waals surface area contributed by atoms with E-state index in [1.807, 2.05) is 30.3 Å². The Balaban J connectivity index is 1.71. The van der Waals surface area contributed by atoms with Crippen LogP contribution in [0.25, 0.3) is 0 Å². The van der Waals surface area contributed by atoms with E-state index in [4.69, 9.17) is 0 Å². The molecule has 0 bridgehead atoms. The second-order valence-electron chi connectivity index (χ2n) is 6.13. The van der Waals surface area contributed by atoms with Crippen molar-refractivity contribution in [3.63, 3.8) is 0 Å². The van der Waals surface area contributed by atoms with E-state index in [1.54, 1.807) is 4.90 Å². The molecule has 6 heteroatoms. The Kier molecular flexibility index (Phi) is 4.55. The number of aliphatic carboxylic acids is 1. The van der Waals surface area contributed by atoms with Crippen LogP contribution in [0.1, 0.15) is 28.9 Å². The predicted octanol–water partition coefficient (Wildman–Crippen LogP) is 2.03. The molecule has 124 valence electrons. The van der Waals surface area contributed by atoms with Gasteiger partial charge in [0.2, 0.25) is 0 Å². The van der Waals surface area contributed by atoms with Crippen molar-refractivity contribution >= 4 is 11.9 Å². The molecule has 0 saturated carbocycles. The number of rotatable bonds is 4. The average molecular weight is 325 g/mol. The number of carboxylic acid groups (broad SMARTS) is 1. The van der Waals surface area contributed by atoms with Crippen molar-refractivity contribution in [3.8, 4) is 0 Å². The van der Waals surface area contributed by atoms with E-state index in [0.717, 1.165) is 5.56 Å². The largest absolute Gasteiger partial charge is 0.481 e. The number of carbonyl (C=O) groups is 2. The number of amides is 1. The lowest BCUT2D eigenvalue weighted by Gasteiger charge is -2.38. The minimum Gasteiger partial charge on any atom is -0.481 e. The smallest absolute Gasteiger partial charge is 0.310 e. The third-order valence-corrected chi connectivity index (χ3v) is 4.63. The molecule has 2 heterocycles. The van der Waals surface area contributed by atoms with E-state index in [-0.39, 0.29) is 5.91 Å². The molecular weight excluding hydrogens is 306 g/mol. The van der Waals surface area contributed by atoms with E-state index >= 15 is 0 Å². The summed E-state index contributed by atoms with van der Waals surface area (Å²) in [5.74, 6) is -0.986. The number of hydrogen-bond acceptors (Lipinski definition) is 4. The van der Waals surface area contributed by atoms with E-state index in [0.29, 0.717) is 38.0 Å². The van der Waals surface area contributed by atoms with E-state index in [9.17, 15) is 14.7 Å². The molecule has 1 saturated heterocycles. The minimum atomic E-state index is -0.819. The van der Waals surface area contributed by atoms with E-state index in [1.165, 1.54) is 18.6 Å².